The molecule has 1 amide bonds. The summed E-state index contributed by atoms with van der Waals surface area (Å²) in [5, 5.41) is 12.5. The maximum atomic E-state index is 12.6. The first-order chi connectivity index (χ1) is 13.4. The largest absolute Gasteiger partial charge is 0.325 e. The monoisotopic (exact) mass is 403 g/mol. The summed E-state index contributed by atoms with van der Waals surface area (Å²) in [5.41, 5.74) is 1.98. The summed E-state index contributed by atoms with van der Waals surface area (Å²) >= 11 is 1.47. The minimum atomic E-state index is -0.266. The first-order valence-corrected chi connectivity index (χ1v) is 10.9. The fourth-order valence-corrected chi connectivity index (χ4v) is 3.91. The Kier molecular flexibility index (Phi) is 8.51. The molecule has 7 heteroatoms. The van der Waals surface area contributed by atoms with Crippen molar-refractivity contribution in [2.45, 2.75) is 70.0 Å². The van der Waals surface area contributed by atoms with Crippen molar-refractivity contribution in [1.29, 1.82) is 0 Å². The van der Waals surface area contributed by atoms with E-state index >= 15 is 0 Å². The van der Waals surface area contributed by atoms with Gasteiger partial charge in [-0.05, 0) is 52.9 Å². The molecule has 1 N–H and O–H groups in total. The first kappa shape index (κ1) is 22.4. The molecule has 154 valence electrons. The number of carbonyl (C=O) groups is 1. The predicted molar refractivity (Wildman–Crippen MR) is 117 cm³/mol. The second-order valence-electron chi connectivity index (χ2n) is 7.35. The molecule has 0 aliphatic heterocycles. The molecule has 0 aliphatic carbocycles. The van der Waals surface area contributed by atoms with E-state index in [2.05, 4.69) is 52.9 Å². The van der Waals surface area contributed by atoms with Crippen molar-refractivity contribution in [2.75, 3.05) is 19.4 Å². The molecule has 1 aromatic carbocycles. The van der Waals surface area contributed by atoms with E-state index in [-0.39, 0.29) is 17.2 Å². The second-order valence-corrected chi connectivity index (χ2v) is 8.66. The topological polar surface area (TPSA) is 63.1 Å². The molecule has 0 unspecified atom stereocenters. The van der Waals surface area contributed by atoms with Crippen LogP contribution in [0.1, 0.15) is 57.5 Å². The lowest BCUT2D eigenvalue weighted by molar-refractivity contribution is -0.115. The molecular formula is C21H33N5OS. The molecule has 0 bridgehead atoms. The third-order valence-electron chi connectivity index (χ3n) is 4.76. The number of anilines is 1. The SMILES string of the molecule is CCCCn1c(S[C@H](C)C(=O)Nc2ccc(C)cc2)nnc1[C@H](CC)N(C)C. The van der Waals surface area contributed by atoms with Crippen LogP contribution in [-0.4, -0.2) is 44.9 Å². The van der Waals surface area contributed by atoms with E-state index in [1.165, 1.54) is 17.3 Å². The summed E-state index contributed by atoms with van der Waals surface area (Å²) in [4.78, 5) is 14.8. The van der Waals surface area contributed by atoms with E-state index in [9.17, 15) is 4.79 Å². The van der Waals surface area contributed by atoms with E-state index in [0.29, 0.717) is 0 Å². The summed E-state index contributed by atoms with van der Waals surface area (Å²) < 4.78 is 2.19. The number of aryl methyl sites for hydroxylation is 1. The van der Waals surface area contributed by atoms with Crippen LogP contribution in [-0.2, 0) is 11.3 Å². The van der Waals surface area contributed by atoms with Gasteiger partial charge in [0.2, 0.25) is 5.91 Å². The molecule has 6 nitrogen and oxygen atoms in total. The fraction of sp³-hybridized carbons (Fsp3) is 0.571. The lowest BCUT2D eigenvalue weighted by Gasteiger charge is -2.23. The number of hydrogen-bond acceptors (Lipinski definition) is 5. The van der Waals surface area contributed by atoms with Crippen LogP contribution in [0.25, 0.3) is 0 Å². The molecule has 0 aliphatic rings. The van der Waals surface area contributed by atoms with Gasteiger partial charge in [-0.3, -0.25) is 9.69 Å². The van der Waals surface area contributed by atoms with Gasteiger partial charge >= 0.3 is 0 Å². The maximum Gasteiger partial charge on any atom is 0.237 e. The number of unbranched alkanes of at least 4 members (excludes halogenated alkanes) is 1. The van der Waals surface area contributed by atoms with E-state index in [1.54, 1.807) is 0 Å². The average molecular weight is 404 g/mol. The molecule has 28 heavy (non-hydrogen) atoms. The van der Waals surface area contributed by atoms with Crippen molar-refractivity contribution >= 4 is 23.4 Å². The third-order valence-corrected chi connectivity index (χ3v) is 5.84. The highest BCUT2D eigenvalue weighted by Crippen LogP contribution is 2.28. The lowest BCUT2D eigenvalue weighted by Crippen LogP contribution is -2.24. The summed E-state index contributed by atoms with van der Waals surface area (Å²) in [5.74, 6) is 0.953. The van der Waals surface area contributed by atoms with Gasteiger partial charge in [0.05, 0.1) is 11.3 Å². The van der Waals surface area contributed by atoms with Gasteiger partial charge in [0, 0.05) is 12.2 Å². The van der Waals surface area contributed by atoms with Gasteiger partial charge in [0.1, 0.15) is 0 Å². The third kappa shape index (κ3) is 5.82. The maximum absolute atomic E-state index is 12.6. The van der Waals surface area contributed by atoms with Crippen molar-refractivity contribution in [2.24, 2.45) is 0 Å². The van der Waals surface area contributed by atoms with Crippen LogP contribution >= 0.6 is 11.8 Å². The Morgan fingerprint density at radius 1 is 1.21 bits per heavy atom. The Labute approximate surface area is 173 Å². The molecular weight excluding hydrogens is 370 g/mol. The molecule has 1 aromatic heterocycles. The number of benzene rings is 1. The number of hydrogen-bond donors (Lipinski definition) is 1. The lowest BCUT2D eigenvalue weighted by atomic mass is 10.2. The number of rotatable bonds is 10. The van der Waals surface area contributed by atoms with E-state index in [1.807, 2.05) is 38.1 Å². The minimum Gasteiger partial charge on any atom is -0.325 e. The first-order valence-electron chi connectivity index (χ1n) is 10.0. The summed E-state index contributed by atoms with van der Waals surface area (Å²) in [6, 6.07) is 8.06. The number of amides is 1. The highest BCUT2D eigenvalue weighted by molar-refractivity contribution is 8.00. The van der Waals surface area contributed by atoms with Crippen LogP contribution in [0, 0.1) is 6.92 Å². The number of nitrogens with zero attached hydrogens (tertiary/aromatic N) is 4. The number of thioether (sulfide) groups is 1. The van der Waals surface area contributed by atoms with E-state index in [0.717, 1.165) is 42.5 Å². The molecule has 2 atom stereocenters. The van der Waals surface area contributed by atoms with Gasteiger partial charge in [0.25, 0.3) is 0 Å². The van der Waals surface area contributed by atoms with Crippen molar-refractivity contribution in [1.82, 2.24) is 19.7 Å². The highest BCUT2D eigenvalue weighted by Gasteiger charge is 2.24. The fourth-order valence-electron chi connectivity index (χ4n) is 3.03. The van der Waals surface area contributed by atoms with Crippen LogP contribution in [0.15, 0.2) is 29.4 Å². The zero-order valence-electron chi connectivity index (χ0n) is 17.9. The molecule has 0 fully saturated rings. The van der Waals surface area contributed by atoms with Crippen molar-refractivity contribution in [3.05, 3.63) is 35.7 Å². The summed E-state index contributed by atoms with van der Waals surface area (Å²) in [6.07, 6.45) is 3.13. The molecule has 0 saturated carbocycles. The Morgan fingerprint density at radius 2 is 1.89 bits per heavy atom. The minimum absolute atomic E-state index is 0.0277. The Morgan fingerprint density at radius 3 is 2.46 bits per heavy atom. The predicted octanol–water partition coefficient (Wildman–Crippen LogP) is 4.52. The standard InChI is InChI=1S/C21H33N5OS/c1-7-9-14-26-19(18(8-2)25(5)6)23-24-21(26)28-16(4)20(27)22-17-12-10-15(3)11-13-17/h10-13,16,18H,7-9,14H2,1-6H3,(H,22,27)/t16-,18+/m1/s1. The zero-order chi connectivity index (χ0) is 20.7. The molecule has 2 rings (SSSR count). The van der Waals surface area contributed by atoms with Crippen LogP contribution < -0.4 is 5.32 Å². The second kappa shape index (κ2) is 10.6. The van der Waals surface area contributed by atoms with Crippen LogP contribution in [0.2, 0.25) is 0 Å². The normalized spacial score (nSPS) is 13.5. The Hall–Kier alpha value is -1.86. The van der Waals surface area contributed by atoms with Crippen molar-refractivity contribution in [3.63, 3.8) is 0 Å². The molecule has 0 spiro atoms. The molecule has 1 heterocycles. The smallest absolute Gasteiger partial charge is 0.237 e. The van der Waals surface area contributed by atoms with Crippen LogP contribution in [0.3, 0.4) is 0 Å². The van der Waals surface area contributed by atoms with Crippen molar-refractivity contribution < 1.29 is 4.79 Å². The van der Waals surface area contributed by atoms with Crippen LogP contribution in [0.4, 0.5) is 5.69 Å². The molecule has 0 saturated heterocycles. The Balaban J connectivity index is 2.15. The quantitative estimate of drug-likeness (QED) is 0.591. The van der Waals surface area contributed by atoms with Gasteiger partial charge in [-0.1, -0.05) is 49.7 Å². The molecule has 2 aromatic rings. The van der Waals surface area contributed by atoms with Gasteiger partial charge in [-0.25, -0.2) is 0 Å². The van der Waals surface area contributed by atoms with E-state index < -0.39 is 0 Å². The number of carbonyl (C=O) groups excluding carboxylic acids is 1. The van der Waals surface area contributed by atoms with Gasteiger partial charge in [0.15, 0.2) is 11.0 Å². The highest BCUT2D eigenvalue weighted by atomic mass is 32.2. The number of nitrogens with one attached hydrogen (secondary N) is 1. The summed E-state index contributed by atoms with van der Waals surface area (Å²) in [6.45, 7) is 9.15. The van der Waals surface area contributed by atoms with Crippen molar-refractivity contribution in [3.8, 4) is 0 Å². The van der Waals surface area contributed by atoms with E-state index in [4.69, 9.17) is 0 Å². The number of aromatic nitrogens is 3. The molecule has 0 radical (unpaired) electrons. The van der Waals surface area contributed by atoms with Gasteiger partial charge in [-0.2, -0.15) is 0 Å². The average Bonchev–Trinajstić information content (AvgIpc) is 3.04. The van der Waals surface area contributed by atoms with Gasteiger partial charge < -0.3 is 9.88 Å². The zero-order valence-corrected chi connectivity index (χ0v) is 18.7. The summed E-state index contributed by atoms with van der Waals surface area (Å²) in [7, 11) is 4.13. The van der Waals surface area contributed by atoms with Crippen LogP contribution in [0.5, 0.6) is 0 Å². The van der Waals surface area contributed by atoms with Gasteiger partial charge in [-0.15, -0.1) is 10.2 Å². The Bertz CT molecular complexity index is 757.